The molecule has 1 aromatic carbocycles. The minimum absolute atomic E-state index is 0.240. The molecule has 8 nitrogen and oxygen atoms in total. The highest BCUT2D eigenvalue weighted by atomic mass is 16.5. The number of nitrogens with zero attached hydrogens (tertiary/aromatic N) is 2. The second-order valence-electron chi connectivity index (χ2n) is 6.44. The van der Waals surface area contributed by atoms with Crippen LogP contribution < -0.4 is 14.8 Å². The molecule has 0 aliphatic carbocycles. The zero-order valence-corrected chi connectivity index (χ0v) is 15.6. The number of ether oxygens (including phenoxy) is 2. The van der Waals surface area contributed by atoms with Crippen molar-refractivity contribution in [2.45, 2.75) is 19.9 Å². The lowest BCUT2D eigenvalue weighted by Gasteiger charge is -2.17. The third-order valence-corrected chi connectivity index (χ3v) is 4.42. The van der Waals surface area contributed by atoms with E-state index in [-0.39, 0.29) is 12.6 Å². The van der Waals surface area contributed by atoms with Gasteiger partial charge in [-0.25, -0.2) is 9.78 Å². The minimum atomic E-state index is -0.861. The van der Waals surface area contributed by atoms with Gasteiger partial charge in [-0.05, 0) is 49.2 Å². The fourth-order valence-electron chi connectivity index (χ4n) is 2.94. The van der Waals surface area contributed by atoms with Crippen molar-refractivity contribution in [3.8, 4) is 17.4 Å². The lowest BCUT2D eigenvalue weighted by Crippen LogP contribution is -2.38. The second-order valence-corrected chi connectivity index (χ2v) is 6.44. The predicted molar refractivity (Wildman–Crippen MR) is 101 cm³/mol. The molecule has 0 bridgehead atoms. The van der Waals surface area contributed by atoms with Crippen molar-refractivity contribution in [3.63, 3.8) is 0 Å². The largest absolute Gasteiger partial charge is 0.494 e. The molecule has 1 unspecified atom stereocenters. The van der Waals surface area contributed by atoms with E-state index in [0.29, 0.717) is 37.7 Å². The van der Waals surface area contributed by atoms with Crippen molar-refractivity contribution < 1.29 is 24.2 Å². The van der Waals surface area contributed by atoms with Gasteiger partial charge in [0.15, 0.2) is 0 Å². The van der Waals surface area contributed by atoms with Crippen LogP contribution in [0.2, 0.25) is 0 Å². The summed E-state index contributed by atoms with van der Waals surface area (Å²) in [6.45, 7) is 3.51. The van der Waals surface area contributed by atoms with Crippen LogP contribution in [0.4, 0.5) is 4.79 Å². The summed E-state index contributed by atoms with van der Waals surface area (Å²) in [7, 11) is 0. The van der Waals surface area contributed by atoms with Crippen molar-refractivity contribution in [2.24, 2.45) is 5.92 Å². The highest BCUT2D eigenvalue weighted by Crippen LogP contribution is 2.23. The Morgan fingerprint density at radius 2 is 2.00 bits per heavy atom. The number of carbonyl (C=O) groups excluding carboxylic acids is 1. The van der Waals surface area contributed by atoms with Gasteiger partial charge < -0.3 is 24.8 Å². The summed E-state index contributed by atoms with van der Waals surface area (Å²) in [5.74, 6) is 0.476. The van der Waals surface area contributed by atoms with Gasteiger partial charge in [-0.1, -0.05) is 0 Å². The van der Waals surface area contributed by atoms with E-state index in [9.17, 15) is 9.59 Å². The van der Waals surface area contributed by atoms with Gasteiger partial charge in [0.05, 0.1) is 12.5 Å². The number of rotatable bonds is 7. The molecule has 3 rings (SSSR count). The van der Waals surface area contributed by atoms with Crippen LogP contribution in [0.15, 0.2) is 42.6 Å². The van der Waals surface area contributed by atoms with E-state index in [1.54, 1.807) is 30.5 Å². The number of pyridine rings is 1. The van der Waals surface area contributed by atoms with Crippen LogP contribution in [0, 0.1) is 5.92 Å². The average Bonchev–Trinajstić information content (AvgIpc) is 3.19. The molecule has 8 heteroatoms. The summed E-state index contributed by atoms with van der Waals surface area (Å²) in [4.78, 5) is 28.9. The predicted octanol–water partition coefficient (Wildman–Crippen LogP) is 2.89. The summed E-state index contributed by atoms with van der Waals surface area (Å²) in [6, 6.07) is 10.5. The monoisotopic (exact) mass is 385 g/mol. The molecule has 2 aromatic rings. The summed E-state index contributed by atoms with van der Waals surface area (Å²) in [5.41, 5.74) is 0.832. The first-order chi connectivity index (χ1) is 13.5. The molecule has 2 amide bonds. The molecule has 28 heavy (non-hydrogen) atoms. The van der Waals surface area contributed by atoms with Gasteiger partial charge in [-0.3, -0.25) is 4.79 Å². The maximum absolute atomic E-state index is 12.2. The number of hydrogen-bond donors (Lipinski definition) is 2. The van der Waals surface area contributed by atoms with Crippen LogP contribution >= 0.6 is 0 Å². The summed E-state index contributed by atoms with van der Waals surface area (Å²) < 4.78 is 11.1. The molecule has 1 aliphatic rings. The molecule has 1 aliphatic heterocycles. The Morgan fingerprint density at radius 1 is 1.25 bits per heavy atom. The first-order valence-electron chi connectivity index (χ1n) is 9.16. The molecule has 1 saturated heterocycles. The number of nitrogens with one attached hydrogen (secondary N) is 1. The molecule has 2 N–H and O–H groups in total. The van der Waals surface area contributed by atoms with Crippen LogP contribution in [-0.2, 0) is 11.3 Å². The lowest BCUT2D eigenvalue weighted by molar-refractivity contribution is -0.141. The van der Waals surface area contributed by atoms with Crippen molar-refractivity contribution in [3.05, 3.63) is 48.2 Å². The number of carboxylic acid groups (broad SMARTS) is 1. The van der Waals surface area contributed by atoms with E-state index in [1.165, 1.54) is 4.90 Å². The molecule has 1 aromatic heterocycles. The summed E-state index contributed by atoms with van der Waals surface area (Å²) >= 11 is 0. The Morgan fingerprint density at radius 3 is 2.68 bits per heavy atom. The van der Waals surface area contributed by atoms with Crippen LogP contribution in [0.5, 0.6) is 17.4 Å². The number of hydrogen-bond acceptors (Lipinski definition) is 5. The Bertz CT molecular complexity index is 825. The van der Waals surface area contributed by atoms with E-state index in [2.05, 4.69) is 10.3 Å². The highest BCUT2D eigenvalue weighted by Gasteiger charge is 2.30. The van der Waals surface area contributed by atoms with Gasteiger partial charge in [-0.15, -0.1) is 0 Å². The zero-order chi connectivity index (χ0) is 19.9. The lowest BCUT2D eigenvalue weighted by atomic mass is 10.1. The quantitative estimate of drug-likeness (QED) is 0.760. The first kappa shape index (κ1) is 19.5. The summed E-state index contributed by atoms with van der Waals surface area (Å²) in [6.07, 6.45) is 2.10. The maximum Gasteiger partial charge on any atom is 0.317 e. The minimum Gasteiger partial charge on any atom is -0.494 e. The van der Waals surface area contributed by atoms with Crippen LogP contribution in [-0.4, -0.2) is 46.7 Å². The Balaban J connectivity index is 1.53. The van der Waals surface area contributed by atoms with E-state index < -0.39 is 11.9 Å². The third-order valence-electron chi connectivity index (χ3n) is 4.42. The smallest absolute Gasteiger partial charge is 0.317 e. The van der Waals surface area contributed by atoms with Crippen LogP contribution in [0.25, 0.3) is 0 Å². The zero-order valence-electron chi connectivity index (χ0n) is 15.6. The number of amides is 2. The standard InChI is InChI=1S/C20H23N3O5/c1-2-27-16-3-5-17(6-4-16)28-18-11-14(7-9-21-18)12-22-20(26)23-10-8-15(13-23)19(24)25/h3-7,9,11,15H,2,8,10,12-13H2,1H3,(H,22,26)(H,24,25). The van der Waals surface area contributed by atoms with Crippen molar-refractivity contribution in [1.29, 1.82) is 0 Å². The summed E-state index contributed by atoms with van der Waals surface area (Å²) in [5, 5.41) is 11.8. The molecule has 0 spiro atoms. The molecular weight excluding hydrogens is 362 g/mol. The van der Waals surface area contributed by atoms with Crippen LogP contribution in [0.1, 0.15) is 18.9 Å². The van der Waals surface area contributed by atoms with Crippen molar-refractivity contribution >= 4 is 12.0 Å². The number of aromatic nitrogens is 1. The van der Waals surface area contributed by atoms with Gasteiger partial charge in [0.1, 0.15) is 11.5 Å². The van der Waals surface area contributed by atoms with Gasteiger partial charge in [0, 0.05) is 31.9 Å². The van der Waals surface area contributed by atoms with Gasteiger partial charge >= 0.3 is 12.0 Å². The van der Waals surface area contributed by atoms with Crippen molar-refractivity contribution in [1.82, 2.24) is 15.2 Å². The number of aliphatic carboxylic acids is 1. The molecule has 0 saturated carbocycles. The topological polar surface area (TPSA) is 101 Å². The first-order valence-corrected chi connectivity index (χ1v) is 9.16. The molecular formula is C20H23N3O5. The molecule has 1 atom stereocenters. The fourth-order valence-corrected chi connectivity index (χ4v) is 2.94. The van der Waals surface area contributed by atoms with E-state index in [4.69, 9.17) is 14.6 Å². The number of benzene rings is 1. The van der Waals surface area contributed by atoms with Gasteiger partial charge in [0.25, 0.3) is 0 Å². The number of urea groups is 1. The second kappa shape index (κ2) is 9.07. The molecule has 1 fully saturated rings. The van der Waals surface area contributed by atoms with Crippen molar-refractivity contribution in [2.75, 3.05) is 19.7 Å². The van der Waals surface area contributed by atoms with E-state index in [0.717, 1.165) is 11.3 Å². The van der Waals surface area contributed by atoms with E-state index >= 15 is 0 Å². The average molecular weight is 385 g/mol. The number of likely N-dealkylation sites (tertiary alicyclic amines) is 1. The molecule has 0 radical (unpaired) electrons. The third kappa shape index (κ3) is 5.12. The molecule has 2 heterocycles. The molecule has 148 valence electrons. The normalized spacial score (nSPS) is 15.9. The fraction of sp³-hybridized carbons (Fsp3) is 0.350. The van der Waals surface area contributed by atoms with E-state index in [1.807, 2.05) is 19.1 Å². The number of carbonyl (C=O) groups is 2. The highest BCUT2D eigenvalue weighted by molar-refractivity contribution is 5.77. The van der Waals surface area contributed by atoms with Gasteiger partial charge in [0.2, 0.25) is 5.88 Å². The Labute approximate surface area is 163 Å². The van der Waals surface area contributed by atoms with Gasteiger partial charge in [-0.2, -0.15) is 0 Å². The maximum atomic E-state index is 12.2. The Hall–Kier alpha value is -3.29. The van der Waals surface area contributed by atoms with Crippen LogP contribution in [0.3, 0.4) is 0 Å². The SMILES string of the molecule is CCOc1ccc(Oc2cc(CNC(=O)N3CCC(C(=O)O)C3)ccn2)cc1. The Kier molecular flexibility index (Phi) is 6.31. The number of carboxylic acids is 1.